The van der Waals surface area contributed by atoms with Gasteiger partial charge in [-0.05, 0) is 31.1 Å². The third kappa shape index (κ3) is 1.26. The van der Waals surface area contributed by atoms with Crippen LogP contribution in [0, 0.1) is 17.3 Å². The van der Waals surface area contributed by atoms with E-state index in [0.29, 0.717) is 17.6 Å². The van der Waals surface area contributed by atoms with E-state index in [4.69, 9.17) is 0 Å². The molecule has 0 amide bonds. The van der Waals surface area contributed by atoms with E-state index in [2.05, 4.69) is 25.7 Å². The maximum Gasteiger partial charge on any atom is 0.143 e. The SMILES string of the molecule is C=CC[C@@]12C=CC[C@@H]1C[C@@H](C)CC2=O. The van der Waals surface area contributed by atoms with Gasteiger partial charge in [0.25, 0.3) is 0 Å². The Morgan fingerprint density at radius 3 is 3.21 bits per heavy atom. The van der Waals surface area contributed by atoms with Gasteiger partial charge in [0.15, 0.2) is 0 Å². The van der Waals surface area contributed by atoms with E-state index in [-0.39, 0.29) is 5.41 Å². The number of carbonyl (C=O) groups excluding carboxylic acids is 1. The summed E-state index contributed by atoms with van der Waals surface area (Å²) < 4.78 is 0. The molecule has 1 saturated carbocycles. The van der Waals surface area contributed by atoms with Crippen molar-refractivity contribution in [2.24, 2.45) is 17.3 Å². The second kappa shape index (κ2) is 3.38. The quantitative estimate of drug-likeness (QED) is 0.611. The zero-order valence-electron chi connectivity index (χ0n) is 8.83. The molecule has 2 rings (SSSR count). The number of fused-ring (bicyclic) bond motifs is 1. The number of hydrogen-bond acceptors (Lipinski definition) is 1. The van der Waals surface area contributed by atoms with Crippen LogP contribution in [0.3, 0.4) is 0 Å². The Bertz CT molecular complexity index is 290. The highest BCUT2D eigenvalue weighted by Gasteiger charge is 2.47. The number of rotatable bonds is 2. The van der Waals surface area contributed by atoms with Crippen molar-refractivity contribution in [2.45, 2.75) is 32.6 Å². The van der Waals surface area contributed by atoms with Crippen molar-refractivity contribution < 1.29 is 4.79 Å². The Morgan fingerprint density at radius 1 is 1.71 bits per heavy atom. The van der Waals surface area contributed by atoms with Gasteiger partial charge in [-0.1, -0.05) is 25.2 Å². The molecular formula is C13H18O. The summed E-state index contributed by atoms with van der Waals surface area (Å²) >= 11 is 0. The predicted molar refractivity (Wildman–Crippen MR) is 57.9 cm³/mol. The molecular weight excluding hydrogens is 172 g/mol. The summed E-state index contributed by atoms with van der Waals surface area (Å²) in [5, 5.41) is 0. The van der Waals surface area contributed by atoms with E-state index in [1.54, 1.807) is 0 Å². The van der Waals surface area contributed by atoms with Crippen molar-refractivity contribution in [3.05, 3.63) is 24.8 Å². The lowest BCUT2D eigenvalue weighted by Crippen LogP contribution is -2.40. The van der Waals surface area contributed by atoms with Gasteiger partial charge in [-0.25, -0.2) is 0 Å². The summed E-state index contributed by atoms with van der Waals surface area (Å²) in [6.45, 7) is 5.97. The van der Waals surface area contributed by atoms with Crippen molar-refractivity contribution in [1.29, 1.82) is 0 Å². The molecule has 2 aliphatic carbocycles. The van der Waals surface area contributed by atoms with Gasteiger partial charge in [0, 0.05) is 6.42 Å². The lowest BCUT2D eigenvalue weighted by molar-refractivity contribution is -0.132. The zero-order chi connectivity index (χ0) is 10.2. The standard InChI is InChI=1S/C13H18O/c1-3-6-13-7-4-5-11(13)8-10(2)9-12(13)14/h3-4,7,10-11H,1,5-6,8-9H2,2H3/t10-,11-,13-/m1/s1. The van der Waals surface area contributed by atoms with E-state index in [0.717, 1.165) is 19.3 Å². The fraction of sp³-hybridized carbons (Fsp3) is 0.615. The molecule has 3 atom stereocenters. The van der Waals surface area contributed by atoms with Gasteiger partial charge < -0.3 is 0 Å². The predicted octanol–water partition coefficient (Wildman–Crippen LogP) is 3.12. The highest BCUT2D eigenvalue weighted by molar-refractivity contribution is 5.88. The Morgan fingerprint density at radius 2 is 2.50 bits per heavy atom. The molecule has 0 aliphatic heterocycles. The van der Waals surface area contributed by atoms with Gasteiger partial charge in [-0.15, -0.1) is 6.58 Å². The zero-order valence-corrected chi connectivity index (χ0v) is 8.83. The van der Waals surface area contributed by atoms with Gasteiger partial charge in [0.2, 0.25) is 0 Å². The third-order valence-electron chi connectivity index (χ3n) is 3.79. The maximum atomic E-state index is 12.1. The van der Waals surface area contributed by atoms with Crippen LogP contribution in [0.1, 0.15) is 32.6 Å². The van der Waals surface area contributed by atoms with Crippen molar-refractivity contribution in [3.8, 4) is 0 Å². The first-order valence-electron chi connectivity index (χ1n) is 5.51. The first-order valence-corrected chi connectivity index (χ1v) is 5.51. The molecule has 0 bridgehead atoms. The molecule has 0 N–H and O–H groups in total. The smallest absolute Gasteiger partial charge is 0.143 e. The van der Waals surface area contributed by atoms with Gasteiger partial charge in [-0.2, -0.15) is 0 Å². The van der Waals surface area contributed by atoms with Crippen molar-refractivity contribution in [1.82, 2.24) is 0 Å². The molecule has 0 aromatic rings. The molecule has 76 valence electrons. The second-order valence-corrected chi connectivity index (χ2v) is 4.84. The maximum absolute atomic E-state index is 12.1. The van der Waals surface area contributed by atoms with Crippen LogP contribution in [0.25, 0.3) is 0 Å². The van der Waals surface area contributed by atoms with Crippen molar-refractivity contribution >= 4 is 5.78 Å². The average Bonchev–Trinajstić information content (AvgIpc) is 2.50. The summed E-state index contributed by atoms with van der Waals surface area (Å²) in [4.78, 5) is 12.1. The number of Topliss-reactive ketones (excluding diaryl/α,β-unsaturated/α-hetero) is 1. The topological polar surface area (TPSA) is 17.1 Å². The molecule has 0 heterocycles. The summed E-state index contributed by atoms with van der Waals surface area (Å²) in [6, 6.07) is 0. The van der Waals surface area contributed by atoms with Gasteiger partial charge in [-0.3, -0.25) is 4.79 Å². The van der Waals surface area contributed by atoms with Gasteiger partial charge >= 0.3 is 0 Å². The molecule has 0 aromatic carbocycles. The third-order valence-corrected chi connectivity index (χ3v) is 3.79. The van der Waals surface area contributed by atoms with Crippen molar-refractivity contribution in [2.75, 3.05) is 0 Å². The fourth-order valence-electron chi connectivity index (χ4n) is 3.08. The molecule has 2 aliphatic rings. The normalized spacial score (nSPS) is 41.1. The minimum Gasteiger partial charge on any atom is -0.299 e. The van der Waals surface area contributed by atoms with Gasteiger partial charge in [0.05, 0.1) is 5.41 Å². The van der Waals surface area contributed by atoms with Crippen LogP contribution in [-0.2, 0) is 4.79 Å². The lowest BCUT2D eigenvalue weighted by atomic mass is 9.63. The van der Waals surface area contributed by atoms with Crippen LogP contribution in [0.4, 0.5) is 0 Å². The molecule has 0 saturated heterocycles. The molecule has 0 unspecified atom stereocenters. The van der Waals surface area contributed by atoms with Crippen LogP contribution in [-0.4, -0.2) is 5.78 Å². The Balaban J connectivity index is 2.29. The Labute approximate surface area is 85.9 Å². The summed E-state index contributed by atoms with van der Waals surface area (Å²) in [5.41, 5.74) is -0.158. The first kappa shape index (κ1) is 9.70. The Kier molecular flexibility index (Phi) is 2.34. The van der Waals surface area contributed by atoms with E-state index in [1.165, 1.54) is 6.42 Å². The summed E-state index contributed by atoms with van der Waals surface area (Å²) in [5.74, 6) is 1.57. The van der Waals surface area contributed by atoms with E-state index >= 15 is 0 Å². The van der Waals surface area contributed by atoms with E-state index in [9.17, 15) is 4.79 Å². The molecule has 0 spiro atoms. The molecule has 0 radical (unpaired) electrons. The second-order valence-electron chi connectivity index (χ2n) is 4.84. The van der Waals surface area contributed by atoms with E-state index < -0.39 is 0 Å². The fourth-order valence-corrected chi connectivity index (χ4v) is 3.08. The number of hydrogen-bond donors (Lipinski definition) is 0. The Hall–Kier alpha value is -0.850. The average molecular weight is 190 g/mol. The monoisotopic (exact) mass is 190 g/mol. The molecule has 1 heteroatoms. The van der Waals surface area contributed by atoms with Crippen molar-refractivity contribution in [3.63, 3.8) is 0 Å². The largest absolute Gasteiger partial charge is 0.299 e. The molecule has 14 heavy (non-hydrogen) atoms. The van der Waals surface area contributed by atoms with Crippen LogP contribution in [0.5, 0.6) is 0 Å². The highest BCUT2D eigenvalue weighted by Crippen LogP contribution is 2.50. The minimum absolute atomic E-state index is 0.158. The number of allylic oxidation sites excluding steroid dienone is 3. The number of carbonyl (C=O) groups is 1. The summed E-state index contributed by atoms with van der Waals surface area (Å²) in [7, 11) is 0. The molecule has 1 fully saturated rings. The molecule has 0 aromatic heterocycles. The van der Waals surface area contributed by atoms with Crippen LogP contribution in [0.15, 0.2) is 24.8 Å². The van der Waals surface area contributed by atoms with E-state index in [1.807, 2.05) is 6.08 Å². The lowest BCUT2D eigenvalue weighted by Gasteiger charge is -2.39. The van der Waals surface area contributed by atoms with Crippen LogP contribution < -0.4 is 0 Å². The first-order chi connectivity index (χ1) is 6.69. The van der Waals surface area contributed by atoms with Crippen LogP contribution >= 0.6 is 0 Å². The van der Waals surface area contributed by atoms with Crippen LogP contribution in [0.2, 0.25) is 0 Å². The highest BCUT2D eigenvalue weighted by atomic mass is 16.1. The number of ketones is 1. The van der Waals surface area contributed by atoms with Gasteiger partial charge in [0.1, 0.15) is 5.78 Å². The summed E-state index contributed by atoms with van der Waals surface area (Å²) in [6.07, 6.45) is 10.1. The minimum atomic E-state index is -0.158. The molecule has 1 nitrogen and oxygen atoms in total.